The minimum Gasteiger partial charge on any atom is -0.453 e. The van der Waals surface area contributed by atoms with E-state index in [1.54, 1.807) is 4.90 Å². The van der Waals surface area contributed by atoms with Gasteiger partial charge in [-0.1, -0.05) is 12.1 Å². The molecule has 0 saturated carbocycles. The first-order chi connectivity index (χ1) is 8.20. The van der Waals surface area contributed by atoms with Gasteiger partial charge in [-0.05, 0) is 36.5 Å². The fraction of sp³-hybridized carbons (Fsp3) is 0.462. The Morgan fingerprint density at radius 2 is 1.88 bits per heavy atom. The van der Waals surface area contributed by atoms with Crippen LogP contribution in [0.4, 0.5) is 10.5 Å². The van der Waals surface area contributed by atoms with E-state index in [4.69, 9.17) is 10.5 Å². The van der Waals surface area contributed by atoms with Crippen molar-refractivity contribution < 1.29 is 9.53 Å². The van der Waals surface area contributed by atoms with Gasteiger partial charge < -0.3 is 15.4 Å². The lowest BCUT2D eigenvalue weighted by Crippen LogP contribution is -2.37. The van der Waals surface area contributed by atoms with Crippen molar-refractivity contribution in [3.05, 3.63) is 29.8 Å². The predicted molar refractivity (Wildman–Crippen MR) is 66.8 cm³/mol. The molecule has 4 nitrogen and oxygen atoms in total. The maximum Gasteiger partial charge on any atom is 0.409 e. The second-order valence-electron chi connectivity index (χ2n) is 4.40. The third-order valence-electron chi connectivity index (χ3n) is 3.34. The van der Waals surface area contributed by atoms with E-state index in [0.29, 0.717) is 5.92 Å². The van der Waals surface area contributed by atoms with Gasteiger partial charge in [-0.2, -0.15) is 0 Å². The van der Waals surface area contributed by atoms with Crippen molar-refractivity contribution in [2.45, 2.75) is 18.8 Å². The number of likely N-dealkylation sites (tertiary alicyclic amines) is 1. The number of methoxy groups -OCH3 is 1. The SMILES string of the molecule is COC(=O)N1CCC(c2ccc(N)cc2)CC1. The van der Waals surface area contributed by atoms with E-state index in [0.717, 1.165) is 31.6 Å². The Hall–Kier alpha value is -1.71. The molecule has 2 rings (SSSR count). The minimum absolute atomic E-state index is 0.222. The van der Waals surface area contributed by atoms with Crippen molar-refractivity contribution >= 4 is 11.8 Å². The van der Waals surface area contributed by atoms with Gasteiger partial charge in [0, 0.05) is 18.8 Å². The first kappa shape index (κ1) is 11.8. The topological polar surface area (TPSA) is 55.6 Å². The summed E-state index contributed by atoms with van der Waals surface area (Å²) in [6, 6.07) is 8.02. The van der Waals surface area contributed by atoms with E-state index in [1.165, 1.54) is 12.7 Å². The van der Waals surface area contributed by atoms with E-state index in [2.05, 4.69) is 12.1 Å². The number of nitrogens with zero attached hydrogens (tertiary/aromatic N) is 1. The number of hydrogen-bond donors (Lipinski definition) is 1. The second-order valence-corrected chi connectivity index (χ2v) is 4.40. The predicted octanol–water partition coefficient (Wildman–Crippen LogP) is 2.21. The summed E-state index contributed by atoms with van der Waals surface area (Å²) in [5.74, 6) is 0.525. The number of piperidine rings is 1. The van der Waals surface area contributed by atoms with Gasteiger partial charge in [0.15, 0.2) is 0 Å². The van der Waals surface area contributed by atoms with Crippen molar-refractivity contribution in [3.63, 3.8) is 0 Å². The van der Waals surface area contributed by atoms with Crippen LogP contribution in [0, 0.1) is 0 Å². The van der Waals surface area contributed by atoms with Crippen LogP contribution in [0.5, 0.6) is 0 Å². The maximum absolute atomic E-state index is 11.3. The summed E-state index contributed by atoms with van der Waals surface area (Å²) in [4.78, 5) is 13.1. The molecular weight excluding hydrogens is 216 g/mol. The van der Waals surface area contributed by atoms with Gasteiger partial charge >= 0.3 is 6.09 Å². The number of rotatable bonds is 1. The Morgan fingerprint density at radius 1 is 1.29 bits per heavy atom. The summed E-state index contributed by atoms with van der Waals surface area (Å²) in [6.07, 6.45) is 1.75. The molecule has 2 N–H and O–H groups in total. The number of anilines is 1. The number of amides is 1. The van der Waals surface area contributed by atoms with Crippen molar-refractivity contribution in [2.24, 2.45) is 0 Å². The van der Waals surface area contributed by atoms with Crippen LogP contribution in [0.3, 0.4) is 0 Å². The molecule has 1 aliphatic heterocycles. The first-order valence-corrected chi connectivity index (χ1v) is 5.89. The van der Waals surface area contributed by atoms with E-state index >= 15 is 0 Å². The first-order valence-electron chi connectivity index (χ1n) is 5.89. The van der Waals surface area contributed by atoms with Crippen LogP contribution in [-0.4, -0.2) is 31.2 Å². The number of carbonyl (C=O) groups excluding carboxylic acids is 1. The van der Waals surface area contributed by atoms with E-state index in [1.807, 2.05) is 12.1 Å². The number of carbonyl (C=O) groups is 1. The van der Waals surface area contributed by atoms with Gasteiger partial charge in [0.05, 0.1) is 7.11 Å². The zero-order chi connectivity index (χ0) is 12.3. The van der Waals surface area contributed by atoms with Crippen LogP contribution in [0.25, 0.3) is 0 Å². The van der Waals surface area contributed by atoms with Gasteiger partial charge in [0.2, 0.25) is 0 Å². The highest BCUT2D eigenvalue weighted by atomic mass is 16.5. The van der Waals surface area contributed by atoms with Crippen molar-refractivity contribution in [3.8, 4) is 0 Å². The number of benzene rings is 1. The molecule has 0 spiro atoms. The normalized spacial score (nSPS) is 16.9. The minimum atomic E-state index is -0.222. The molecule has 0 bridgehead atoms. The smallest absolute Gasteiger partial charge is 0.409 e. The highest BCUT2D eigenvalue weighted by Gasteiger charge is 2.23. The third kappa shape index (κ3) is 2.70. The molecule has 1 fully saturated rings. The molecule has 1 amide bonds. The van der Waals surface area contributed by atoms with Crippen LogP contribution >= 0.6 is 0 Å². The molecule has 1 heterocycles. The number of ether oxygens (including phenoxy) is 1. The average molecular weight is 234 g/mol. The van der Waals surface area contributed by atoms with Crippen molar-refractivity contribution in [1.29, 1.82) is 0 Å². The van der Waals surface area contributed by atoms with Crippen LogP contribution in [0.15, 0.2) is 24.3 Å². The molecule has 1 aliphatic rings. The van der Waals surface area contributed by atoms with Crippen LogP contribution < -0.4 is 5.73 Å². The molecule has 0 aliphatic carbocycles. The Kier molecular flexibility index (Phi) is 3.52. The van der Waals surface area contributed by atoms with Gasteiger partial charge in [0.25, 0.3) is 0 Å². The summed E-state index contributed by atoms with van der Waals surface area (Å²) in [7, 11) is 1.42. The monoisotopic (exact) mass is 234 g/mol. The summed E-state index contributed by atoms with van der Waals surface area (Å²) >= 11 is 0. The summed E-state index contributed by atoms with van der Waals surface area (Å²) < 4.78 is 4.72. The molecular formula is C13H18N2O2. The largest absolute Gasteiger partial charge is 0.453 e. The van der Waals surface area contributed by atoms with Gasteiger partial charge in [-0.25, -0.2) is 4.79 Å². The third-order valence-corrected chi connectivity index (χ3v) is 3.34. The molecule has 1 saturated heterocycles. The lowest BCUT2D eigenvalue weighted by Gasteiger charge is -2.31. The Bertz CT molecular complexity index is 381. The summed E-state index contributed by atoms with van der Waals surface area (Å²) in [5.41, 5.74) is 7.77. The van der Waals surface area contributed by atoms with Gasteiger partial charge in [-0.3, -0.25) is 0 Å². The second kappa shape index (κ2) is 5.08. The molecule has 0 unspecified atom stereocenters. The molecule has 0 radical (unpaired) electrons. The maximum atomic E-state index is 11.3. The molecule has 92 valence electrons. The highest BCUT2D eigenvalue weighted by molar-refractivity contribution is 5.67. The molecule has 1 aromatic carbocycles. The standard InChI is InChI=1S/C13H18N2O2/c1-17-13(16)15-8-6-11(7-9-15)10-2-4-12(14)5-3-10/h2-5,11H,6-9,14H2,1H3. The molecule has 4 heteroatoms. The van der Waals surface area contributed by atoms with Gasteiger partial charge in [0.1, 0.15) is 0 Å². The Balaban J connectivity index is 1.95. The van der Waals surface area contributed by atoms with Crippen LogP contribution in [0.1, 0.15) is 24.3 Å². The number of hydrogen-bond acceptors (Lipinski definition) is 3. The molecule has 0 atom stereocenters. The molecule has 17 heavy (non-hydrogen) atoms. The van der Waals surface area contributed by atoms with E-state index in [-0.39, 0.29) is 6.09 Å². The molecule has 0 aromatic heterocycles. The molecule has 1 aromatic rings. The average Bonchev–Trinajstić information content (AvgIpc) is 2.39. The summed E-state index contributed by atoms with van der Waals surface area (Å²) in [6.45, 7) is 1.53. The fourth-order valence-electron chi connectivity index (χ4n) is 2.29. The number of nitrogens with two attached hydrogens (primary N) is 1. The zero-order valence-corrected chi connectivity index (χ0v) is 10.1. The fourth-order valence-corrected chi connectivity index (χ4v) is 2.29. The Morgan fingerprint density at radius 3 is 2.41 bits per heavy atom. The van der Waals surface area contributed by atoms with E-state index in [9.17, 15) is 4.79 Å². The zero-order valence-electron chi connectivity index (χ0n) is 10.1. The summed E-state index contributed by atoms with van der Waals surface area (Å²) in [5, 5.41) is 0. The Labute approximate surface area is 101 Å². The lowest BCUT2D eigenvalue weighted by molar-refractivity contribution is 0.112. The van der Waals surface area contributed by atoms with Crippen LogP contribution in [-0.2, 0) is 4.74 Å². The van der Waals surface area contributed by atoms with Crippen LogP contribution in [0.2, 0.25) is 0 Å². The van der Waals surface area contributed by atoms with Crippen molar-refractivity contribution in [1.82, 2.24) is 4.90 Å². The number of nitrogen functional groups attached to an aromatic ring is 1. The van der Waals surface area contributed by atoms with Crippen molar-refractivity contribution in [2.75, 3.05) is 25.9 Å². The lowest BCUT2D eigenvalue weighted by atomic mass is 9.89. The van der Waals surface area contributed by atoms with Gasteiger partial charge in [-0.15, -0.1) is 0 Å². The highest BCUT2D eigenvalue weighted by Crippen LogP contribution is 2.28. The quantitative estimate of drug-likeness (QED) is 0.758. The van der Waals surface area contributed by atoms with E-state index < -0.39 is 0 Å².